The van der Waals surface area contributed by atoms with Gasteiger partial charge in [0.05, 0.1) is 4.92 Å². The fourth-order valence-electron chi connectivity index (χ4n) is 1.39. The minimum absolute atomic E-state index is 0.0793. The summed E-state index contributed by atoms with van der Waals surface area (Å²) in [5, 5.41) is 19.4. The number of carboxylic acid groups (broad SMARTS) is 1. The number of carboxylic acids is 1. The van der Waals surface area contributed by atoms with E-state index in [0.29, 0.717) is 11.3 Å². The van der Waals surface area contributed by atoms with Gasteiger partial charge < -0.3 is 10.8 Å². The van der Waals surface area contributed by atoms with Gasteiger partial charge in [-0.2, -0.15) is 11.8 Å². The van der Waals surface area contributed by atoms with E-state index in [-0.39, 0.29) is 11.4 Å². The maximum atomic E-state index is 10.7. The third-order valence-electron chi connectivity index (χ3n) is 2.49. The molecular formula is C11H14N2O4S. The molecule has 18 heavy (non-hydrogen) atoms. The second kappa shape index (κ2) is 6.36. The fourth-order valence-corrected chi connectivity index (χ4v) is 2.44. The Hall–Kier alpha value is -1.60. The summed E-state index contributed by atoms with van der Waals surface area (Å²) in [5.74, 6) is -0.260. The van der Waals surface area contributed by atoms with Crippen molar-refractivity contribution in [3.63, 3.8) is 0 Å². The van der Waals surface area contributed by atoms with Gasteiger partial charge in [-0.1, -0.05) is 12.1 Å². The van der Waals surface area contributed by atoms with Gasteiger partial charge in [0.2, 0.25) is 0 Å². The Morgan fingerprint density at radius 1 is 1.61 bits per heavy atom. The summed E-state index contributed by atoms with van der Waals surface area (Å²) in [7, 11) is 0. The number of carbonyl (C=O) groups is 1. The van der Waals surface area contributed by atoms with Gasteiger partial charge in [0.1, 0.15) is 6.04 Å². The van der Waals surface area contributed by atoms with Crippen molar-refractivity contribution in [1.82, 2.24) is 0 Å². The van der Waals surface area contributed by atoms with Crippen LogP contribution in [0.3, 0.4) is 0 Å². The van der Waals surface area contributed by atoms with Crippen molar-refractivity contribution in [3.05, 3.63) is 39.4 Å². The van der Waals surface area contributed by atoms with E-state index in [1.807, 2.05) is 0 Å². The predicted molar refractivity (Wildman–Crippen MR) is 69.6 cm³/mol. The van der Waals surface area contributed by atoms with E-state index in [1.165, 1.54) is 17.8 Å². The Bertz CT molecular complexity index is 464. The minimum atomic E-state index is -1.04. The third kappa shape index (κ3) is 3.71. The Morgan fingerprint density at radius 2 is 2.28 bits per heavy atom. The molecule has 1 atom stereocenters. The lowest BCUT2D eigenvalue weighted by molar-refractivity contribution is -0.385. The van der Waals surface area contributed by atoms with Crippen LogP contribution in [0.4, 0.5) is 5.69 Å². The maximum Gasteiger partial charge on any atom is 0.321 e. The summed E-state index contributed by atoms with van der Waals surface area (Å²) in [4.78, 5) is 20.8. The second-order valence-corrected chi connectivity index (χ2v) is 4.81. The van der Waals surface area contributed by atoms with Crippen LogP contribution in [0.25, 0.3) is 0 Å². The molecule has 0 saturated heterocycles. The molecule has 0 aliphatic rings. The van der Waals surface area contributed by atoms with E-state index in [4.69, 9.17) is 10.8 Å². The monoisotopic (exact) mass is 270 g/mol. The molecule has 0 aliphatic heterocycles. The van der Waals surface area contributed by atoms with E-state index < -0.39 is 16.9 Å². The zero-order chi connectivity index (χ0) is 13.7. The van der Waals surface area contributed by atoms with E-state index in [9.17, 15) is 14.9 Å². The molecule has 0 fully saturated rings. The molecule has 98 valence electrons. The van der Waals surface area contributed by atoms with Crippen molar-refractivity contribution < 1.29 is 14.8 Å². The lowest BCUT2D eigenvalue weighted by Gasteiger charge is -2.08. The molecule has 1 rings (SSSR count). The summed E-state index contributed by atoms with van der Waals surface area (Å²) < 4.78 is 0. The first-order valence-corrected chi connectivity index (χ1v) is 6.38. The SMILES string of the molecule is Cc1c(CSCC(N)C(=O)O)cccc1[N+](=O)[O-]. The van der Waals surface area contributed by atoms with Crippen LogP contribution in [0, 0.1) is 17.0 Å². The van der Waals surface area contributed by atoms with Crippen molar-refractivity contribution >= 4 is 23.4 Å². The molecule has 0 heterocycles. The minimum Gasteiger partial charge on any atom is -0.480 e. The first-order valence-electron chi connectivity index (χ1n) is 5.22. The Balaban J connectivity index is 2.66. The van der Waals surface area contributed by atoms with Gasteiger partial charge in [0, 0.05) is 23.1 Å². The van der Waals surface area contributed by atoms with Gasteiger partial charge in [-0.3, -0.25) is 14.9 Å². The van der Waals surface area contributed by atoms with Gasteiger partial charge in [-0.05, 0) is 12.5 Å². The van der Waals surface area contributed by atoms with Crippen LogP contribution in [0.2, 0.25) is 0 Å². The largest absolute Gasteiger partial charge is 0.480 e. The number of benzene rings is 1. The molecule has 1 aromatic carbocycles. The Morgan fingerprint density at radius 3 is 2.83 bits per heavy atom. The van der Waals surface area contributed by atoms with Gasteiger partial charge in [-0.25, -0.2) is 0 Å². The second-order valence-electron chi connectivity index (χ2n) is 3.78. The average Bonchev–Trinajstić information content (AvgIpc) is 2.30. The molecule has 0 aromatic heterocycles. The highest BCUT2D eigenvalue weighted by Crippen LogP contribution is 2.24. The van der Waals surface area contributed by atoms with Crippen LogP contribution >= 0.6 is 11.8 Å². The molecule has 6 nitrogen and oxygen atoms in total. The van der Waals surface area contributed by atoms with Gasteiger partial charge in [0.25, 0.3) is 5.69 Å². The molecule has 0 aliphatic carbocycles. The number of nitrogens with zero attached hydrogens (tertiary/aromatic N) is 1. The first-order chi connectivity index (χ1) is 8.43. The zero-order valence-electron chi connectivity index (χ0n) is 9.83. The molecule has 0 radical (unpaired) electrons. The standard InChI is InChI=1S/C11H14N2O4S/c1-7-8(3-2-4-10(7)13(16)17)5-18-6-9(12)11(14)15/h2-4,9H,5-6,12H2,1H3,(H,14,15). The quantitative estimate of drug-likeness (QED) is 0.600. The predicted octanol–water partition coefficient (Wildman–Crippen LogP) is 1.55. The number of rotatable bonds is 6. The maximum absolute atomic E-state index is 10.7. The summed E-state index contributed by atoms with van der Waals surface area (Å²) >= 11 is 1.35. The van der Waals surface area contributed by atoms with Gasteiger partial charge in [-0.15, -0.1) is 0 Å². The zero-order valence-corrected chi connectivity index (χ0v) is 10.6. The number of nitro benzene ring substituents is 1. The fraction of sp³-hybridized carbons (Fsp3) is 0.364. The molecular weight excluding hydrogens is 256 g/mol. The van der Waals surface area contributed by atoms with E-state index in [2.05, 4.69) is 0 Å². The average molecular weight is 270 g/mol. The van der Waals surface area contributed by atoms with Crippen molar-refractivity contribution in [2.24, 2.45) is 5.73 Å². The molecule has 0 spiro atoms. The van der Waals surface area contributed by atoms with Crippen LogP contribution < -0.4 is 5.73 Å². The van der Waals surface area contributed by atoms with Crippen molar-refractivity contribution in [3.8, 4) is 0 Å². The number of aliphatic carboxylic acids is 1. The first kappa shape index (κ1) is 14.5. The summed E-state index contributed by atoms with van der Waals surface area (Å²) in [6.45, 7) is 1.69. The number of hydrogen-bond acceptors (Lipinski definition) is 5. The van der Waals surface area contributed by atoms with E-state index in [1.54, 1.807) is 19.1 Å². The number of nitro groups is 1. The van der Waals surface area contributed by atoms with Gasteiger partial charge >= 0.3 is 5.97 Å². The Kier molecular flexibility index (Phi) is 5.11. The molecule has 3 N–H and O–H groups in total. The number of hydrogen-bond donors (Lipinski definition) is 2. The third-order valence-corrected chi connectivity index (χ3v) is 3.60. The Labute approximate surface area is 108 Å². The smallest absolute Gasteiger partial charge is 0.321 e. The number of nitrogens with two attached hydrogens (primary N) is 1. The highest BCUT2D eigenvalue weighted by molar-refractivity contribution is 7.98. The summed E-state index contributed by atoms with van der Waals surface area (Å²) in [6, 6.07) is 3.96. The lowest BCUT2D eigenvalue weighted by Crippen LogP contribution is -2.32. The molecule has 1 aromatic rings. The number of thioether (sulfide) groups is 1. The van der Waals surface area contributed by atoms with Crippen LogP contribution in [0.1, 0.15) is 11.1 Å². The van der Waals surface area contributed by atoms with Crippen LogP contribution in [-0.4, -0.2) is 27.8 Å². The van der Waals surface area contributed by atoms with Crippen LogP contribution in [0.15, 0.2) is 18.2 Å². The summed E-state index contributed by atoms with van der Waals surface area (Å²) in [6.07, 6.45) is 0. The normalized spacial score (nSPS) is 12.1. The van der Waals surface area contributed by atoms with Gasteiger partial charge in [0.15, 0.2) is 0 Å². The van der Waals surface area contributed by atoms with Crippen LogP contribution in [0.5, 0.6) is 0 Å². The van der Waals surface area contributed by atoms with E-state index >= 15 is 0 Å². The van der Waals surface area contributed by atoms with Crippen molar-refractivity contribution in [2.45, 2.75) is 18.7 Å². The topological polar surface area (TPSA) is 106 Å². The highest BCUT2D eigenvalue weighted by Gasteiger charge is 2.14. The van der Waals surface area contributed by atoms with Crippen LogP contribution in [-0.2, 0) is 10.5 Å². The molecule has 0 saturated carbocycles. The highest BCUT2D eigenvalue weighted by atomic mass is 32.2. The molecule has 1 unspecified atom stereocenters. The lowest BCUT2D eigenvalue weighted by atomic mass is 10.1. The van der Waals surface area contributed by atoms with Crippen molar-refractivity contribution in [1.29, 1.82) is 0 Å². The molecule has 7 heteroatoms. The molecule has 0 bridgehead atoms. The van der Waals surface area contributed by atoms with E-state index in [0.717, 1.165) is 5.56 Å². The van der Waals surface area contributed by atoms with Crippen molar-refractivity contribution in [2.75, 3.05) is 5.75 Å². The molecule has 0 amide bonds. The summed E-state index contributed by atoms with van der Waals surface area (Å²) in [5.41, 5.74) is 6.88.